The first-order valence-electron chi connectivity index (χ1n) is 8.08. The first kappa shape index (κ1) is 13.9. The molecule has 4 heterocycles. The van der Waals surface area contributed by atoms with Crippen molar-refractivity contribution in [3.05, 3.63) is 59.9 Å². The summed E-state index contributed by atoms with van der Waals surface area (Å²) in [6.07, 6.45) is 3.70. The van der Waals surface area contributed by atoms with Crippen LogP contribution in [0.2, 0.25) is 0 Å². The largest absolute Gasteiger partial charge is 0.309 e. The van der Waals surface area contributed by atoms with Gasteiger partial charge < -0.3 is 5.32 Å². The van der Waals surface area contributed by atoms with Gasteiger partial charge in [-0.2, -0.15) is 5.10 Å². The van der Waals surface area contributed by atoms with Crippen LogP contribution in [0.3, 0.4) is 0 Å². The highest BCUT2D eigenvalue weighted by molar-refractivity contribution is 7.17. The Bertz CT molecular complexity index is 1020. The molecule has 0 fully saturated rings. The molecule has 0 atom stereocenters. The van der Waals surface area contributed by atoms with Crippen LogP contribution in [-0.4, -0.2) is 21.3 Å². The lowest BCUT2D eigenvalue weighted by atomic mass is 9.98. The molecule has 0 aliphatic carbocycles. The third kappa shape index (κ3) is 2.17. The average Bonchev–Trinajstić information content (AvgIpc) is 3.26. The quantitative estimate of drug-likeness (QED) is 0.605. The number of hydrogen-bond donors (Lipinski definition) is 1. The number of fused-ring (bicyclic) bond motifs is 2. The molecule has 0 saturated heterocycles. The van der Waals surface area contributed by atoms with Crippen molar-refractivity contribution in [2.24, 2.45) is 0 Å². The molecule has 1 aliphatic rings. The van der Waals surface area contributed by atoms with Gasteiger partial charge in [0, 0.05) is 41.3 Å². The first-order valence-corrected chi connectivity index (χ1v) is 8.96. The minimum Gasteiger partial charge on any atom is -0.309 e. The normalized spacial score (nSPS) is 14.0. The lowest BCUT2D eigenvalue weighted by molar-refractivity contribution is 0.477. The second kappa shape index (κ2) is 5.54. The number of hydrogen-bond acceptors (Lipinski definition) is 4. The fraction of sp³-hybridized carbons (Fsp3) is 0.158. The average molecular weight is 332 g/mol. The maximum Gasteiger partial charge on any atom is 0.100 e. The lowest BCUT2D eigenvalue weighted by Gasteiger charge is -2.16. The molecule has 1 aliphatic heterocycles. The Morgan fingerprint density at radius 1 is 1.04 bits per heavy atom. The summed E-state index contributed by atoms with van der Waals surface area (Å²) in [7, 11) is 0. The van der Waals surface area contributed by atoms with Crippen molar-refractivity contribution in [2.75, 3.05) is 6.54 Å². The molecule has 0 radical (unpaired) electrons. The predicted octanol–water partition coefficient (Wildman–Crippen LogP) is 3.93. The van der Waals surface area contributed by atoms with Crippen LogP contribution in [0.15, 0.2) is 54.2 Å². The number of rotatable bonds is 2. The van der Waals surface area contributed by atoms with E-state index < -0.39 is 0 Å². The molecule has 4 aromatic rings. The van der Waals surface area contributed by atoms with Gasteiger partial charge in [0.1, 0.15) is 5.69 Å². The molecule has 3 aromatic heterocycles. The Kier molecular flexibility index (Phi) is 3.21. The Labute approximate surface area is 143 Å². The van der Waals surface area contributed by atoms with Crippen LogP contribution in [0.5, 0.6) is 0 Å². The van der Waals surface area contributed by atoms with Gasteiger partial charge in [-0.3, -0.25) is 9.67 Å². The van der Waals surface area contributed by atoms with Crippen molar-refractivity contribution in [2.45, 2.75) is 13.1 Å². The highest BCUT2D eigenvalue weighted by Gasteiger charge is 2.22. The monoisotopic (exact) mass is 332 g/mol. The zero-order valence-electron chi connectivity index (χ0n) is 13.1. The second-order valence-electron chi connectivity index (χ2n) is 5.98. The smallest absolute Gasteiger partial charge is 0.100 e. The Balaban J connectivity index is 1.76. The molecule has 118 valence electrons. The van der Waals surface area contributed by atoms with E-state index in [9.17, 15) is 0 Å². The number of benzene rings is 1. The van der Waals surface area contributed by atoms with Crippen LogP contribution < -0.4 is 5.32 Å². The van der Waals surface area contributed by atoms with E-state index in [-0.39, 0.29) is 0 Å². The zero-order valence-corrected chi connectivity index (χ0v) is 13.9. The minimum atomic E-state index is 0.853. The van der Waals surface area contributed by atoms with Gasteiger partial charge in [0.05, 0.1) is 12.2 Å². The molecule has 5 rings (SSSR count). The van der Waals surface area contributed by atoms with E-state index in [0.29, 0.717) is 0 Å². The molecular weight excluding hydrogens is 316 g/mol. The number of nitrogens with one attached hydrogen (secondary N) is 1. The predicted molar refractivity (Wildman–Crippen MR) is 98.0 cm³/mol. The minimum absolute atomic E-state index is 0.853. The van der Waals surface area contributed by atoms with Gasteiger partial charge >= 0.3 is 0 Å². The van der Waals surface area contributed by atoms with Gasteiger partial charge in [-0.15, -0.1) is 11.3 Å². The number of thiophene rings is 1. The van der Waals surface area contributed by atoms with Crippen LogP contribution in [0, 0.1) is 0 Å². The lowest BCUT2D eigenvalue weighted by Crippen LogP contribution is -2.28. The van der Waals surface area contributed by atoms with Gasteiger partial charge in [-0.1, -0.05) is 6.07 Å². The summed E-state index contributed by atoms with van der Waals surface area (Å²) in [6, 6.07) is 12.9. The summed E-state index contributed by atoms with van der Waals surface area (Å²) < 4.78 is 3.47. The summed E-state index contributed by atoms with van der Waals surface area (Å²) >= 11 is 1.78. The first-order chi connectivity index (χ1) is 11.9. The van der Waals surface area contributed by atoms with Crippen molar-refractivity contribution in [1.29, 1.82) is 0 Å². The molecule has 5 heteroatoms. The summed E-state index contributed by atoms with van der Waals surface area (Å²) in [5.41, 5.74) is 5.89. The van der Waals surface area contributed by atoms with Gasteiger partial charge in [-0.05, 0) is 46.7 Å². The third-order valence-electron chi connectivity index (χ3n) is 4.55. The maximum absolute atomic E-state index is 4.95. The van der Waals surface area contributed by atoms with E-state index in [1.165, 1.54) is 32.5 Å². The van der Waals surface area contributed by atoms with Crippen LogP contribution >= 0.6 is 11.3 Å². The van der Waals surface area contributed by atoms with E-state index in [0.717, 1.165) is 25.3 Å². The molecule has 1 N–H and O–H groups in total. The Morgan fingerprint density at radius 3 is 2.88 bits per heavy atom. The highest BCUT2D eigenvalue weighted by atomic mass is 32.1. The molecule has 4 nitrogen and oxygen atoms in total. The standard InChI is InChI=1S/C19H16N4S/c1-2-17-14(5-10-24-17)11-15(1)19-18(13-3-6-20-7-4-13)16-12-21-8-9-23(16)22-19/h1-7,10-11,21H,8-9,12H2. The summed E-state index contributed by atoms with van der Waals surface area (Å²) in [5.74, 6) is 0. The summed E-state index contributed by atoms with van der Waals surface area (Å²) in [6.45, 7) is 2.73. The second-order valence-corrected chi connectivity index (χ2v) is 6.93. The SMILES string of the molecule is c1cc(-c2c(-c3ccc4sccc4c3)nn3c2CNCC3)ccn1. The van der Waals surface area contributed by atoms with E-state index >= 15 is 0 Å². The third-order valence-corrected chi connectivity index (χ3v) is 5.44. The van der Waals surface area contributed by atoms with Crippen molar-refractivity contribution < 1.29 is 0 Å². The number of pyridine rings is 1. The fourth-order valence-corrected chi connectivity index (χ4v) is 4.16. The van der Waals surface area contributed by atoms with Crippen molar-refractivity contribution >= 4 is 21.4 Å². The van der Waals surface area contributed by atoms with E-state index in [1.807, 2.05) is 12.4 Å². The van der Waals surface area contributed by atoms with Crippen molar-refractivity contribution in [3.63, 3.8) is 0 Å². The maximum atomic E-state index is 4.95. The van der Waals surface area contributed by atoms with Gasteiger partial charge in [0.2, 0.25) is 0 Å². The number of nitrogens with zero attached hydrogens (tertiary/aromatic N) is 3. The van der Waals surface area contributed by atoms with Gasteiger partial charge in [0.15, 0.2) is 0 Å². The Morgan fingerprint density at radius 2 is 1.96 bits per heavy atom. The van der Waals surface area contributed by atoms with Crippen LogP contribution in [0.1, 0.15) is 5.69 Å². The van der Waals surface area contributed by atoms with Crippen molar-refractivity contribution in [3.8, 4) is 22.4 Å². The topological polar surface area (TPSA) is 42.7 Å². The van der Waals surface area contributed by atoms with E-state index in [4.69, 9.17) is 5.10 Å². The number of aromatic nitrogens is 3. The highest BCUT2D eigenvalue weighted by Crippen LogP contribution is 2.36. The van der Waals surface area contributed by atoms with E-state index in [1.54, 1.807) is 11.3 Å². The van der Waals surface area contributed by atoms with Crippen LogP contribution in [0.4, 0.5) is 0 Å². The zero-order chi connectivity index (χ0) is 15.9. The summed E-state index contributed by atoms with van der Waals surface area (Å²) in [5, 5.41) is 11.8. The fourth-order valence-electron chi connectivity index (χ4n) is 3.39. The summed E-state index contributed by atoms with van der Waals surface area (Å²) in [4.78, 5) is 4.16. The van der Waals surface area contributed by atoms with Crippen LogP contribution in [0.25, 0.3) is 32.5 Å². The Hall–Kier alpha value is -2.50. The molecule has 24 heavy (non-hydrogen) atoms. The van der Waals surface area contributed by atoms with Crippen molar-refractivity contribution in [1.82, 2.24) is 20.1 Å². The molecule has 0 amide bonds. The molecule has 1 aromatic carbocycles. The van der Waals surface area contributed by atoms with Gasteiger partial charge in [-0.25, -0.2) is 0 Å². The molecule has 0 saturated carbocycles. The van der Waals surface area contributed by atoms with E-state index in [2.05, 4.69) is 56.8 Å². The molecule has 0 bridgehead atoms. The van der Waals surface area contributed by atoms with Gasteiger partial charge in [0.25, 0.3) is 0 Å². The molecule has 0 spiro atoms. The van der Waals surface area contributed by atoms with Crippen LogP contribution in [-0.2, 0) is 13.1 Å². The molecule has 0 unspecified atom stereocenters. The molecular formula is C19H16N4S.